The number of halogens is 1. The summed E-state index contributed by atoms with van der Waals surface area (Å²) in [6.45, 7) is 6.57. The SMILES string of the molecule is CC(C)(C)SC(c1ccc(Cl)cc1)c1ncn[nH]1. The van der Waals surface area contributed by atoms with E-state index in [0.717, 1.165) is 10.8 Å². The van der Waals surface area contributed by atoms with Crippen molar-refractivity contribution in [2.75, 3.05) is 0 Å². The Morgan fingerprint density at radius 3 is 2.39 bits per heavy atom. The first kappa shape index (κ1) is 13.4. The Balaban J connectivity index is 2.33. The number of aromatic amines is 1. The van der Waals surface area contributed by atoms with E-state index in [0.29, 0.717) is 0 Å². The van der Waals surface area contributed by atoms with E-state index in [-0.39, 0.29) is 10.00 Å². The van der Waals surface area contributed by atoms with Gasteiger partial charge in [0.25, 0.3) is 0 Å². The molecule has 3 nitrogen and oxygen atoms in total. The molecule has 2 rings (SSSR count). The number of H-pyrrole nitrogens is 1. The standard InChI is InChI=1S/C13H16ClN3S/c1-13(2,3)18-11(12-15-8-16-17-12)9-4-6-10(14)7-5-9/h4-8,11H,1-3H3,(H,15,16,17). The highest BCUT2D eigenvalue weighted by Crippen LogP contribution is 2.41. The number of thioether (sulfide) groups is 1. The molecule has 0 fully saturated rings. The van der Waals surface area contributed by atoms with E-state index in [1.54, 1.807) is 6.33 Å². The molecule has 0 saturated heterocycles. The fraction of sp³-hybridized carbons (Fsp3) is 0.385. The zero-order valence-corrected chi connectivity index (χ0v) is 12.2. The van der Waals surface area contributed by atoms with Crippen molar-refractivity contribution in [1.82, 2.24) is 15.2 Å². The molecule has 1 unspecified atom stereocenters. The van der Waals surface area contributed by atoms with Crippen LogP contribution in [-0.2, 0) is 0 Å². The molecule has 0 radical (unpaired) electrons. The molecule has 0 amide bonds. The van der Waals surface area contributed by atoms with Crippen LogP contribution in [0.25, 0.3) is 0 Å². The van der Waals surface area contributed by atoms with E-state index < -0.39 is 0 Å². The number of benzene rings is 1. The maximum Gasteiger partial charge on any atom is 0.141 e. The van der Waals surface area contributed by atoms with Gasteiger partial charge in [0.2, 0.25) is 0 Å². The van der Waals surface area contributed by atoms with Gasteiger partial charge in [-0.25, -0.2) is 4.98 Å². The van der Waals surface area contributed by atoms with Gasteiger partial charge in [0.05, 0.1) is 5.25 Å². The predicted molar refractivity (Wildman–Crippen MR) is 77.0 cm³/mol. The molecule has 1 aromatic heterocycles. The van der Waals surface area contributed by atoms with E-state index >= 15 is 0 Å². The summed E-state index contributed by atoms with van der Waals surface area (Å²) >= 11 is 7.77. The number of nitrogens with one attached hydrogen (secondary N) is 1. The van der Waals surface area contributed by atoms with Crippen LogP contribution in [0.2, 0.25) is 5.02 Å². The summed E-state index contributed by atoms with van der Waals surface area (Å²) in [5, 5.41) is 7.79. The average molecular weight is 282 g/mol. The predicted octanol–water partition coefficient (Wildman–Crippen LogP) is 4.08. The van der Waals surface area contributed by atoms with Crippen molar-refractivity contribution in [3.63, 3.8) is 0 Å². The van der Waals surface area contributed by atoms with Gasteiger partial charge >= 0.3 is 0 Å². The summed E-state index contributed by atoms with van der Waals surface area (Å²) in [4.78, 5) is 4.28. The quantitative estimate of drug-likeness (QED) is 0.922. The Morgan fingerprint density at radius 1 is 1.22 bits per heavy atom. The van der Waals surface area contributed by atoms with Gasteiger partial charge in [-0.3, -0.25) is 5.10 Å². The Hall–Kier alpha value is -1.00. The highest BCUT2D eigenvalue weighted by molar-refractivity contribution is 8.01. The van der Waals surface area contributed by atoms with E-state index in [1.807, 2.05) is 36.0 Å². The molecule has 1 heterocycles. The number of aromatic nitrogens is 3. The van der Waals surface area contributed by atoms with Crippen LogP contribution in [0.3, 0.4) is 0 Å². The van der Waals surface area contributed by atoms with Crippen molar-refractivity contribution in [2.24, 2.45) is 0 Å². The number of nitrogens with zero attached hydrogens (tertiary/aromatic N) is 2. The minimum absolute atomic E-state index is 0.136. The molecule has 1 aromatic carbocycles. The zero-order valence-electron chi connectivity index (χ0n) is 10.6. The van der Waals surface area contributed by atoms with Crippen LogP contribution in [0.1, 0.15) is 37.4 Å². The van der Waals surface area contributed by atoms with Crippen molar-refractivity contribution >= 4 is 23.4 Å². The number of hydrogen-bond donors (Lipinski definition) is 1. The lowest BCUT2D eigenvalue weighted by molar-refractivity contribution is 0.792. The molecule has 0 aliphatic heterocycles. The van der Waals surface area contributed by atoms with Gasteiger partial charge in [0.1, 0.15) is 12.2 Å². The first-order chi connectivity index (χ1) is 8.46. The summed E-state index contributed by atoms with van der Waals surface area (Å²) in [6, 6.07) is 7.88. The first-order valence-electron chi connectivity index (χ1n) is 5.74. The van der Waals surface area contributed by atoms with Crippen LogP contribution in [0.4, 0.5) is 0 Å². The molecule has 0 aliphatic carbocycles. The molecule has 5 heteroatoms. The summed E-state index contributed by atoms with van der Waals surface area (Å²) in [5.74, 6) is 0.872. The Labute approximate surface area is 116 Å². The van der Waals surface area contributed by atoms with Crippen LogP contribution in [0.15, 0.2) is 30.6 Å². The van der Waals surface area contributed by atoms with Crippen molar-refractivity contribution < 1.29 is 0 Å². The summed E-state index contributed by atoms with van der Waals surface area (Å²) in [7, 11) is 0. The summed E-state index contributed by atoms with van der Waals surface area (Å²) in [5.41, 5.74) is 1.18. The molecule has 0 saturated carbocycles. The van der Waals surface area contributed by atoms with Gasteiger partial charge in [-0.2, -0.15) is 5.10 Å². The van der Waals surface area contributed by atoms with Crippen molar-refractivity contribution in [3.05, 3.63) is 47.0 Å². The molecule has 2 aromatic rings. The molecule has 96 valence electrons. The van der Waals surface area contributed by atoms with Crippen LogP contribution in [0.5, 0.6) is 0 Å². The Bertz CT molecular complexity index is 488. The van der Waals surface area contributed by atoms with E-state index in [2.05, 4.69) is 36.0 Å². The fourth-order valence-corrected chi connectivity index (χ4v) is 2.97. The maximum atomic E-state index is 5.93. The Kier molecular flexibility index (Phi) is 3.97. The van der Waals surface area contributed by atoms with Crippen molar-refractivity contribution in [1.29, 1.82) is 0 Å². The molecule has 0 bridgehead atoms. The minimum atomic E-state index is 0.136. The zero-order chi connectivity index (χ0) is 13.2. The number of hydrogen-bond acceptors (Lipinski definition) is 3. The van der Waals surface area contributed by atoms with Gasteiger partial charge in [-0.05, 0) is 17.7 Å². The van der Waals surface area contributed by atoms with Crippen LogP contribution in [-0.4, -0.2) is 19.9 Å². The normalized spacial score (nSPS) is 13.6. The lowest BCUT2D eigenvalue weighted by atomic mass is 10.1. The Morgan fingerprint density at radius 2 is 1.89 bits per heavy atom. The second-order valence-electron chi connectivity index (χ2n) is 5.03. The third-order valence-electron chi connectivity index (χ3n) is 2.33. The lowest BCUT2D eigenvalue weighted by Crippen LogP contribution is -2.13. The van der Waals surface area contributed by atoms with Crippen molar-refractivity contribution in [3.8, 4) is 0 Å². The van der Waals surface area contributed by atoms with Gasteiger partial charge in [-0.15, -0.1) is 11.8 Å². The third kappa shape index (κ3) is 3.50. The highest BCUT2D eigenvalue weighted by atomic mass is 35.5. The topological polar surface area (TPSA) is 41.6 Å². The molecule has 1 N–H and O–H groups in total. The summed E-state index contributed by atoms with van der Waals surface area (Å²) in [6.07, 6.45) is 1.54. The smallest absolute Gasteiger partial charge is 0.141 e. The van der Waals surface area contributed by atoms with E-state index in [1.165, 1.54) is 5.56 Å². The minimum Gasteiger partial charge on any atom is -0.262 e. The second kappa shape index (κ2) is 5.33. The average Bonchev–Trinajstić information content (AvgIpc) is 2.79. The number of rotatable bonds is 3. The van der Waals surface area contributed by atoms with E-state index in [4.69, 9.17) is 11.6 Å². The molecular formula is C13H16ClN3S. The molecule has 18 heavy (non-hydrogen) atoms. The monoisotopic (exact) mass is 281 g/mol. The van der Waals surface area contributed by atoms with Gasteiger partial charge in [-0.1, -0.05) is 44.5 Å². The molecule has 0 spiro atoms. The van der Waals surface area contributed by atoms with Crippen molar-refractivity contribution in [2.45, 2.75) is 30.8 Å². The third-order valence-corrected chi connectivity index (χ3v) is 4.02. The maximum absolute atomic E-state index is 5.93. The first-order valence-corrected chi connectivity index (χ1v) is 7.00. The molecular weight excluding hydrogens is 266 g/mol. The largest absolute Gasteiger partial charge is 0.262 e. The summed E-state index contributed by atoms with van der Waals surface area (Å²) < 4.78 is 0.136. The fourth-order valence-electron chi connectivity index (χ4n) is 1.61. The van der Waals surface area contributed by atoms with E-state index in [9.17, 15) is 0 Å². The van der Waals surface area contributed by atoms with Crippen LogP contribution in [0, 0.1) is 0 Å². The molecule has 0 aliphatic rings. The lowest BCUT2D eigenvalue weighted by Gasteiger charge is -2.24. The van der Waals surface area contributed by atoms with Crippen LogP contribution >= 0.6 is 23.4 Å². The molecule has 1 atom stereocenters. The second-order valence-corrected chi connectivity index (χ2v) is 7.40. The van der Waals surface area contributed by atoms with Gasteiger partial charge < -0.3 is 0 Å². The van der Waals surface area contributed by atoms with Gasteiger partial charge in [0, 0.05) is 9.77 Å². The van der Waals surface area contributed by atoms with Gasteiger partial charge in [0.15, 0.2) is 0 Å². The highest BCUT2D eigenvalue weighted by Gasteiger charge is 2.24. The van der Waals surface area contributed by atoms with Crippen LogP contribution < -0.4 is 0 Å².